The summed E-state index contributed by atoms with van der Waals surface area (Å²) < 4.78 is 10.7. The molecule has 0 unspecified atom stereocenters. The molecule has 3 nitrogen and oxygen atoms in total. The number of hydrogen-bond donors (Lipinski definition) is 1. The Bertz CT molecular complexity index is 457. The van der Waals surface area contributed by atoms with E-state index in [1.165, 1.54) is 19.3 Å². The minimum atomic E-state index is 0.269. The highest BCUT2D eigenvalue weighted by molar-refractivity contribution is 6.32. The van der Waals surface area contributed by atoms with Gasteiger partial charge in [-0.05, 0) is 42.4 Å². The molecular weight excluding hydrogens is 250 g/mol. The van der Waals surface area contributed by atoms with Crippen LogP contribution in [0.15, 0.2) is 12.1 Å². The Balaban J connectivity index is 1.61. The molecule has 1 fully saturated rings. The van der Waals surface area contributed by atoms with E-state index in [-0.39, 0.29) is 6.79 Å². The molecule has 1 aromatic rings. The smallest absolute Gasteiger partial charge is 0.231 e. The molecule has 0 saturated heterocycles. The van der Waals surface area contributed by atoms with Crippen molar-refractivity contribution >= 4 is 11.6 Å². The van der Waals surface area contributed by atoms with E-state index in [1.54, 1.807) is 0 Å². The van der Waals surface area contributed by atoms with E-state index in [9.17, 15) is 0 Å². The van der Waals surface area contributed by atoms with Gasteiger partial charge in [-0.1, -0.05) is 18.5 Å². The largest absolute Gasteiger partial charge is 0.454 e. The summed E-state index contributed by atoms with van der Waals surface area (Å²) in [5.41, 5.74) is 1.72. The van der Waals surface area contributed by atoms with Crippen molar-refractivity contribution < 1.29 is 9.47 Å². The maximum atomic E-state index is 6.15. The van der Waals surface area contributed by atoms with Crippen molar-refractivity contribution in [2.45, 2.75) is 32.7 Å². The summed E-state index contributed by atoms with van der Waals surface area (Å²) >= 11 is 6.15. The van der Waals surface area contributed by atoms with Gasteiger partial charge in [0.15, 0.2) is 11.5 Å². The lowest BCUT2D eigenvalue weighted by Gasteiger charge is -2.13. The summed E-state index contributed by atoms with van der Waals surface area (Å²) in [7, 11) is 0. The Morgan fingerprint density at radius 3 is 2.89 bits per heavy atom. The van der Waals surface area contributed by atoms with Crippen LogP contribution in [-0.2, 0) is 6.54 Å². The lowest BCUT2D eigenvalue weighted by Crippen LogP contribution is -2.23. The van der Waals surface area contributed by atoms with Gasteiger partial charge in [0.25, 0.3) is 0 Å². The van der Waals surface area contributed by atoms with E-state index in [1.807, 2.05) is 12.1 Å². The molecule has 18 heavy (non-hydrogen) atoms. The fourth-order valence-corrected chi connectivity index (χ4v) is 2.71. The summed E-state index contributed by atoms with van der Waals surface area (Å²) in [6.07, 6.45) is 3.98. The van der Waals surface area contributed by atoms with E-state index in [2.05, 4.69) is 12.2 Å². The predicted octanol–water partition coefficient (Wildman–Crippen LogP) is 3.35. The molecule has 1 saturated carbocycles. The Labute approximate surface area is 112 Å². The van der Waals surface area contributed by atoms with Crippen LogP contribution in [0.4, 0.5) is 0 Å². The Hall–Kier alpha value is -0.930. The van der Waals surface area contributed by atoms with E-state index in [0.717, 1.165) is 24.4 Å². The zero-order chi connectivity index (χ0) is 12.6. The third-order valence-corrected chi connectivity index (χ3v) is 4.30. The van der Waals surface area contributed by atoms with Crippen LogP contribution in [0.1, 0.15) is 31.7 Å². The quantitative estimate of drug-likeness (QED) is 0.888. The Kier molecular flexibility index (Phi) is 3.12. The van der Waals surface area contributed by atoms with Crippen LogP contribution in [0.5, 0.6) is 11.5 Å². The first-order valence-corrected chi connectivity index (χ1v) is 6.89. The normalized spacial score (nSPS) is 19.0. The van der Waals surface area contributed by atoms with Crippen LogP contribution in [0, 0.1) is 5.41 Å². The van der Waals surface area contributed by atoms with E-state index < -0.39 is 0 Å². The number of hydrogen-bond acceptors (Lipinski definition) is 3. The average Bonchev–Trinajstić information content (AvgIpc) is 2.97. The second kappa shape index (κ2) is 4.63. The molecular formula is C14H18ClNO2. The molecule has 1 heterocycles. The van der Waals surface area contributed by atoms with Crippen molar-refractivity contribution in [2.75, 3.05) is 13.3 Å². The molecule has 0 aromatic heterocycles. The molecule has 0 spiro atoms. The fourth-order valence-electron chi connectivity index (χ4n) is 2.43. The molecule has 1 N–H and O–H groups in total. The Morgan fingerprint density at radius 2 is 2.17 bits per heavy atom. The Morgan fingerprint density at radius 1 is 1.33 bits per heavy atom. The van der Waals surface area contributed by atoms with Gasteiger partial charge in [0.2, 0.25) is 6.79 Å². The van der Waals surface area contributed by atoms with Gasteiger partial charge in [0.1, 0.15) is 0 Å². The SMILES string of the molecule is CCC1(CNCc2cc(Cl)c3c(c2)OCO3)CC1. The number of halogens is 1. The summed E-state index contributed by atoms with van der Waals surface area (Å²) in [5, 5.41) is 4.16. The second-order valence-corrected chi connectivity index (χ2v) is 5.68. The standard InChI is InChI=1S/C14H18ClNO2/c1-2-14(3-4-14)8-16-7-10-5-11(15)13-12(6-10)17-9-18-13/h5-6,16H,2-4,7-9H2,1H3. The molecule has 98 valence electrons. The van der Waals surface area contributed by atoms with E-state index in [0.29, 0.717) is 16.2 Å². The minimum absolute atomic E-state index is 0.269. The van der Waals surface area contributed by atoms with Gasteiger partial charge >= 0.3 is 0 Å². The first kappa shape index (κ1) is 12.1. The van der Waals surface area contributed by atoms with Crippen LogP contribution >= 0.6 is 11.6 Å². The summed E-state index contributed by atoms with van der Waals surface area (Å²) in [4.78, 5) is 0. The number of fused-ring (bicyclic) bond motifs is 1. The van der Waals surface area contributed by atoms with Gasteiger partial charge in [-0.25, -0.2) is 0 Å². The molecule has 1 aliphatic heterocycles. The zero-order valence-electron chi connectivity index (χ0n) is 10.6. The summed E-state index contributed by atoms with van der Waals surface area (Å²) in [5.74, 6) is 1.43. The summed E-state index contributed by atoms with van der Waals surface area (Å²) in [6, 6.07) is 3.96. The van der Waals surface area contributed by atoms with E-state index >= 15 is 0 Å². The topological polar surface area (TPSA) is 30.5 Å². The number of nitrogens with one attached hydrogen (secondary N) is 1. The lowest BCUT2D eigenvalue weighted by molar-refractivity contribution is 0.174. The summed E-state index contributed by atoms with van der Waals surface area (Å²) in [6.45, 7) is 4.46. The van der Waals surface area contributed by atoms with Crippen molar-refractivity contribution in [3.05, 3.63) is 22.7 Å². The third kappa shape index (κ3) is 2.29. The second-order valence-electron chi connectivity index (χ2n) is 5.27. The minimum Gasteiger partial charge on any atom is -0.454 e. The van der Waals surface area contributed by atoms with E-state index in [4.69, 9.17) is 21.1 Å². The van der Waals surface area contributed by atoms with Crippen LogP contribution < -0.4 is 14.8 Å². The van der Waals surface area contributed by atoms with Crippen molar-refractivity contribution in [2.24, 2.45) is 5.41 Å². The van der Waals surface area contributed by atoms with Gasteiger partial charge in [-0.15, -0.1) is 0 Å². The molecule has 0 radical (unpaired) electrons. The number of benzene rings is 1. The maximum absolute atomic E-state index is 6.15. The van der Waals surface area contributed by atoms with Crippen LogP contribution in [0.3, 0.4) is 0 Å². The highest BCUT2D eigenvalue weighted by Gasteiger charge is 2.39. The van der Waals surface area contributed by atoms with Gasteiger partial charge in [-0.3, -0.25) is 0 Å². The molecule has 1 aliphatic carbocycles. The van der Waals surface area contributed by atoms with Crippen LogP contribution in [-0.4, -0.2) is 13.3 Å². The predicted molar refractivity (Wildman–Crippen MR) is 71.2 cm³/mol. The lowest BCUT2D eigenvalue weighted by atomic mass is 10.0. The molecule has 4 heteroatoms. The monoisotopic (exact) mass is 267 g/mol. The van der Waals surface area contributed by atoms with Crippen molar-refractivity contribution in [1.82, 2.24) is 5.32 Å². The first-order chi connectivity index (χ1) is 8.72. The highest BCUT2D eigenvalue weighted by Crippen LogP contribution is 2.48. The zero-order valence-corrected chi connectivity index (χ0v) is 11.3. The third-order valence-electron chi connectivity index (χ3n) is 4.02. The molecule has 2 aliphatic rings. The van der Waals surface area contributed by atoms with Crippen molar-refractivity contribution in [3.63, 3.8) is 0 Å². The molecule has 0 amide bonds. The first-order valence-electron chi connectivity index (χ1n) is 6.51. The van der Waals surface area contributed by atoms with Gasteiger partial charge < -0.3 is 14.8 Å². The van der Waals surface area contributed by atoms with Gasteiger partial charge in [0.05, 0.1) is 5.02 Å². The molecule has 3 rings (SSSR count). The van der Waals surface area contributed by atoms with Crippen LogP contribution in [0.2, 0.25) is 5.02 Å². The molecule has 0 bridgehead atoms. The van der Waals surface area contributed by atoms with Gasteiger partial charge in [-0.2, -0.15) is 0 Å². The van der Waals surface area contributed by atoms with Crippen molar-refractivity contribution in [3.8, 4) is 11.5 Å². The highest BCUT2D eigenvalue weighted by atomic mass is 35.5. The van der Waals surface area contributed by atoms with Crippen molar-refractivity contribution in [1.29, 1.82) is 0 Å². The van der Waals surface area contributed by atoms with Crippen LogP contribution in [0.25, 0.3) is 0 Å². The maximum Gasteiger partial charge on any atom is 0.231 e. The average molecular weight is 268 g/mol. The fraction of sp³-hybridized carbons (Fsp3) is 0.571. The van der Waals surface area contributed by atoms with Gasteiger partial charge in [0, 0.05) is 13.1 Å². The number of rotatable bonds is 5. The molecule has 1 aromatic carbocycles. The number of ether oxygens (including phenoxy) is 2. The molecule has 0 atom stereocenters.